The summed E-state index contributed by atoms with van der Waals surface area (Å²) in [5, 5.41) is 3.66. The number of carbonyl (C=O) groups excluding carboxylic acids is 1. The van der Waals surface area contributed by atoms with Crippen LogP contribution in [0.2, 0.25) is 10.0 Å². The van der Waals surface area contributed by atoms with E-state index in [0.717, 1.165) is 16.0 Å². The summed E-state index contributed by atoms with van der Waals surface area (Å²) >= 11 is 12.0. The Balaban J connectivity index is 1.57. The fourth-order valence-electron chi connectivity index (χ4n) is 3.26. The van der Waals surface area contributed by atoms with Crippen LogP contribution in [0.4, 0.5) is 5.69 Å². The molecule has 6 nitrogen and oxygen atoms in total. The van der Waals surface area contributed by atoms with Crippen molar-refractivity contribution in [2.75, 3.05) is 38.0 Å². The summed E-state index contributed by atoms with van der Waals surface area (Å²) in [7, 11) is -3.52. The number of amides is 1. The first-order valence-corrected chi connectivity index (χ1v) is 11.5. The normalized spacial score (nSPS) is 16.0. The number of nitrogens with zero attached hydrogens (tertiary/aromatic N) is 1. The summed E-state index contributed by atoms with van der Waals surface area (Å²) in [5.41, 5.74) is 2.52. The highest BCUT2D eigenvalue weighted by atomic mass is 35.5. The van der Waals surface area contributed by atoms with E-state index < -0.39 is 10.0 Å². The van der Waals surface area contributed by atoms with Gasteiger partial charge in [-0.3, -0.25) is 4.79 Å². The average Bonchev–Trinajstić information content (AvgIpc) is 2.66. The largest absolute Gasteiger partial charge is 0.325 e. The quantitative estimate of drug-likeness (QED) is 0.723. The summed E-state index contributed by atoms with van der Waals surface area (Å²) in [6.07, 6.45) is 0. The summed E-state index contributed by atoms with van der Waals surface area (Å²) in [6, 6.07) is 10.1. The SMILES string of the molecule is Cc1ccc(S(=O)(=O)N2CC[NH+](CC(=O)Nc3ccc(Cl)cc3Cl)CC2)cc1C. The van der Waals surface area contributed by atoms with Gasteiger partial charge in [0.05, 0.1) is 41.8 Å². The van der Waals surface area contributed by atoms with Crippen LogP contribution in [-0.2, 0) is 14.8 Å². The number of rotatable bonds is 5. The predicted molar refractivity (Wildman–Crippen MR) is 115 cm³/mol. The maximum atomic E-state index is 12.9. The first-order valence-electron chi connectivity index (χ1n) is 9.32. The van der Waals surface area contributed by atoms with Gasteiger partial charge in [-0.25, -0.2) is 8.42 Å². The third-order valence-corrected chi connectivity index (χ3v) is 7.60. The Morgan fingerprint density at radius 1 is 1.07 bits per heavy atom. The Kier molecular flexibility index (Phi) is 6.86. The smallest absolute Gasteiger partial charge is 0.279 e. The molecular weight excluding hydrogens is 433 g/mol. The van der Waals surface area contributed by atoms with Gasteiger partial charge in [0.25, 0.3) is 5.91 Å². The van der Waals surface area contributed by atoms with E-state index in [2.05, 4.69) is 5.32 Å². The van der Waals surface area contributed by atoms with Crippen LogP contribution >= 0.6 is 23.2 Å². The van der Waals surface area contributed by atoms with Crippen molar-refractivity contribution in [2.45, 2.75) is 18.7 Å². The molecule has 0 unspecified atom stereocenters. The molecule has 1 heterocycles. The molecule has 0 bridgehead atoms. The first-order chi connectivity index (χ1) is 13.7. The zero-order chi connectivity index (χ0) is 21.2. The maximum absolute atomic E-state index is 12.9. The van der Waals surface area contributed by atoms with Crippen molar-refractivity contribution in [3.63, 3.8) is 0 Å². The summed E-state index contributed by atoms with van der Waals surface area (Å²) < 4.78 is 27.3. The lowest BCUT2D eigenvalue weighted by atomic mass is 10.1. The average molecular weight is 457 g/mol. The summed E-state index contributed by atoms with van der Waals surface area (Å²) in [6.45, 7) is 5.98. The molecule has 2 aromatic carbocycles. The number of sulfonamides is 1. The van der Waals surface area contributed by atoms with Gasteiger partial charge >= 0.3 is 0 Å². The molecule has 1 aliphatic rings. The number of nitrogens with one attached hydrogen (secondary N) is 2. The van der Waals surface area contributed by atoms with Crippen LogP contribution in [0.1, 0.15) is 11.1 Å². The van der Waals surface area contributed by atoms with Crippen LogP contribution < -0.4 is 10.2 Å². The molecule has 0 spiro atoms. The molecule has 9 heteroatoms. The lowest BCUT2D eigenvalue weighted by Crippen LogP contribution is -3.15. The minimum Gasteiger partial charge on any atom is -0.325 e. The molecule has 0 aliphatic carbocycles. The van der Waals surface area contributed by atoms with Gasteiger partial charge in [0.2, 0.25) is 10.0 Å². The number of aryl methyl sites for hydroxylation is 2. The Bertz CT molecular complexity index is 1020. The summed E-state index contributed by atoms with van der Waals surface area (Å²) in [4.78, 5) is 13.7. The molecule has 1 fully saturated rings. The second kappa shape index (κ2) is 9.02. The second-order valence-electron chi connectivity index (χ2n) is 7.25. The fourth-order valence-corrected chi connectivity index (χ4v) is 5.24. The molecule has 0 atom stereocenters. The minimum absolute atomic E-state index is 0.172. The van der Waals surface area contributed by atoms with Gasteiger partial charge in [-0.05, 0) is 55.3 Å². The number of anilines is 1. The van der Waals surface area contributed by atoms with Crippen LogP contribution in [0, 0.1) is 13.8 Å². The molecule has 1 aliphatic heterocycles. The number of quaternary nitrogens is 1. The highest BCUT2D eigenvalue weighted by Gasteiger charge is 2.31. The van der Waals surface area contributed by atoms with Crippen LogP contribution in [0.25, 0.3) is 0 Å². The molecular formula is C20H24Cl2N3O3S+. The van der Waals surface area contributed by atoms with Crippen molar-refractivity contribution in [1.82, 2.24) is 4.31 Å². The number of carbonyl (C=O) groups is 1. The molecule has 156 valence electrons. The van der Waals surface area contributed by atoms with Crippen molar-refractivity contribution in [1.29, 1.82) is 0 Å². The zero-order valence-corrected chi connectivity index (χ0v) is 18.7. The van der Waals surface area contributed by atoms with E-state index in [0.29, 0.717) is 46.8 Å². The number of piperazine rings is 1. The lowest BCUT2D eigenvalue weighted by Gasteiger charge is -2.31. The van der Waals surface area contributed by atoms with Crippen molar-refractivity contribution in [3.8, 4) is 0 Å². The van der Waals surface area contributed by atoms with Crippen LogP contribution in [-0.4, -0.2) is 51.4 Å². The van der Waals surface area contributed by atoms with Crippen LogP contribution in [0.5, 0.6) is 0 Å². The lowest BCUT2D eigenvalue weighted by molar-refractivity contribution is -0.895. The highest BCUT2D eigenvalue weighted by Crippen LogP contribution is 2.25. The molecule has 0 saturated carbocycles. The minimum atomic E-state index is -3.52. The van der Waals surface area contributed by atoms with Gasteiger partial charge in [-0.15, -0.1) is 0 Å². The van der Waals surface area contributed by atoms with Gasteiger partial charge in [0.1, 0.15) is 0 Å². The highest BCUT2D eigenvalue weighted by molar-refractivity contribution is 7.89. The Hall–Kier alpha value is -1.64. The Morgan fingerprint density at radius 3 is 2.38 bits per heavy atom. The van der Waals surface area contributed by atoms with Gasteiger partial charge in [0.15, 0.2) is 6.54 Å². The van der Waals surface area contributed by atoms with E-state index >= 15 is 0 Å². The van der Waals surface area contributed by atoms with E-state index in [1.807, 2.05) is 19.9 Å². The van der Waals surface area contributed by atoms with Crippen molar-refractivity contribution in [2.24, 2.45) is 0 Å². The number of hydrogen-bond acceptors (Lipinski definition) is 3. The van der Waals surface area contributed by atoms with Gasteiger partial charge in [-0.2, -0.15) is 4.31 Å². The molecule has 1 saturated heterocycles. The molecule has 0 radical (unpaired) electrons. The number of halogens is 2. The Labute approximate surface area is 181 Å². The van der Waals surface area contributed by atoms with E-state index in [1.165, 1.54) is 4.31 Å². The molecule has 2 aromatic rings. The van der Waals surface area contributed by atoms with E-state index in [1.54, 1.807) is 30.3 Å². The van der Waals surface area contributed by atoms with Crippen molar-refractivity contribution in [3.05, 3.63) is 57.6 Å². The van der Waals surface area contributed by atoms with E-state index in [4.69, 9.17) is 23.2 Å². The van der Waals surface area contributed by atoms with Crippen LogP contribution in [0.15, 0.2) is 41.3 Å². The maximum Gasteiger partial charge on any atom is 0.279 e. The van der Waals surface area contributed by atoms with E-state index in [9.17, 15) is 13.2 Å². The Morgan fingerprint density at radius 2 is 1.76 bits per heavy atom. The van der Waals surface area contributed by atoms with Gasteiger partial charge in [-0.1, -0.05) is 29.3 Å². The molecule has 1 amide bonds. The first kappa shape index (κ1) is 22.1. The topological polar surface area (TPSA) is 70.9 Å². The van der Waals surface area contributed by atoms with Crippen LogP contribution in [0.3, 0.4) is 0 Å². The fraction of sp³-hybridized carbons (Fsp3) is 0.350. The molecule has 29 heavy (non-hydrogen) atoms. The zero-order valence-electron chi connectivity index (χ0n) is 16.3. The third-order valence-electron chi connectivity index (χ3n) is 5.16. The monoisotopic (exact) mass is 456 g/mol. The number of benzene rings is 2. The molecule has 0 aromatic heterocycles. The second-order valence-corrected chi connectivity index (χ2v) is 10.0. The molecule has 3 rings (SSSR count). The van der Waals surface area contributed by atoms with E-state index in [-0.39, 0.29) is 12.5 Å². The van der Waals surface area contributed by atoms with Crippen molar-refractivity contribution >= 4 is 44.8 Å². The summed E-state index contributed by atoms with van der Waals surface area (Å²) in [5.74, 6) is -0.172. The van der Waals surface area contributed by atoms with Gasteiger partial charge in [0, 0.05) is 5.02 Å². The van der Waals surface area contributed by atoms with Gasteiger partial charge < -0.3 is 10.2 Å². The van der Waals surface area contributed by atoms with Crippen molar-refractivity contribution < 1.29 is 18.1 Å². The number of hydrogen-bond donors (Lipinski definition) is 2. The molecule has 2 N–H and O–H groups in total. The predicted octanol–water partition coefficient (Wildman–Crippen LogP) is 2.14. The standard InChI is InChI=1S/C20H23Cl2N3O3S/c1-14-3-5-17(11-15(14)2)29(27,28)25-9-7-24(8-10-25)13-20(26)23-19-6-4-16(21)12-18(19)22/h3-6,11-12H,7-10,13H2,1-2H3,(H,23,26)/p+1. The third kappa shape index (κ3) is 5.29.